The van der Waals surface area contributed by atoms with Crippen molar-refractivity contribution in [1.82, 2.24) is 0 Å². The van der Waals surface area contributed by atoms with Crippen LogP contribution in [0.15, 0.2) is 78.9 Å². The zero-order valence-electron chi connectivity index (χ0n) is 16.7. The van der Waals surface area contributed by atoms with E-state index in [0.717, 1.165) is 17.7 Å². The predicted molar refractivity (Wildman–Crippen MR) is 115 cm³/mol. The van der Waals surface area contributed by atoms with E-state index in [1.165, 1.54) is 5.56 Å². The molecule has 3 rings (SSSR count). The summed E-state index contributed by atoms with van der Waals surface area (Å²) in [6.07, 6.45) is 0.980. The van der Waals surface area contributed by atoms with Crippen LogP contribution in [0.25, 0.3) is 0 Å². The van der Waals surface area contributed by atoms with Gasteiger partial charge in [-0.1, -0.05) is 56.3 Å². The zero-order chi connectivity index (χ0) is 20.8. The van der Waals surface area contributed by atoms with Gasteiger partial charge in [0, 0.05) is 11.3 Å². The van der Waals surface area contributed by atoms with Crippen LogP contribution in [0, 0.1) is 5.92 Å². The monoisotopic (exact) mass is 387 g/mol. The molecule has 0 fully saturated rings. The summed E-state index contributed by atoms with van der Waals surface area (Å²) in [5, 5.41) is 9.27. The first kappa shape index (κ1) is 20.3. The zero-order valence-corrected chi connectivity index (χ0v) is 16.7. The van der Waals surface area contributed by atoms with Crippen LogP contribution in [0.2, 0.25) is 0 Å². The molecule has 3 aromatic rings. The molecule has 0 aromatic heterocycles. The minimum Gasteiger partial charge on any atom is -0.478 e. The molecule has 0 bridgehead atoms. The van der Waals surface area contributed by atoms with Crippen LogP contribution in [-0.2, 0) is 13.0 Å². The molecule has 0 saturated heterocycles. The van der Waals surface area contributed by atoms with Gasteiger partial charge in [-0.2, -0.15) is 0 Å². The topological polar surface area (TPSA) is 57.6 Å². The van der Waals surface area contributed by atoms with Crippen LogP contribution in [0.4, 0.5) is 5.69 Å². The minimum absolute atomic E-state index is 0.122. The number of hydrogen-bond donors (Lipinski definition) is 1. The number of carboxylic acids is 1. The van der Waals surface area contributed by atoms with Crippen molar-refractivity contribution in [2.24, 2.45) is 5.92 Å². The number of carbonyl (C=O) groups excluding carboxylic acids is 1. The van der Waals surface area contributed by atoms with Gasteiger partial charge in [-0.3, -0.25) is 4.79 Å². The SMILES string of the molecule is CC(C)Cc1ccc(N(Cc2cccc(C(=O)O)c2)C(=O)c2ccccc2)cc1. The second kappa shape index (κ2) is 9.20. The number of rotatable bonds is 7. The van der Waals surface area contributed by atoms with Crippen molar-refractivity contribution in [3.05, 3.63) is 101 Å². The Bertz CT molecular complexity index is 978. The van der Waals surface area contributed by atoms with Gasteiger partial charge in [-0.15, -0.1) is 0 Å². The van der Waals surface area contributed by atoms with E-state index in [2.05, 4.69) is 13.8 Å². The number of nitrogens with zero attached hydrogens (tertiary/aromatic N) is 1. The molecule has 148 valence electrons. The maximum atomic E-state index is 13.2. The lowest BCUT2D eigenvalue weighted by Crippen LogP contribution is -2.30. The normalized spacial score (nSPS) is 10.7. The fourth-order valence-electron chi connectivity index (χ4n) is 3.29. The quantitative estimate of drug-likeness (QED) is 0.588. The van der Waals surface area contributed by atoms with E-state index in [4.69, 9.17) is 0 Å². The van der Waals surface area contributed by atoms with E-state index in [1.807, 2.05) is 48.5 Å². The smallest absolute Gasteiger partial charge is 0.335 e. The molecule has 0 unspecified atom stereocenters. The first-order valence-electron chi connectivity index (χ1n) is 9.72. The number of anilines is 1. The highest BCUT2D eigenvalue weighted by atomic mass is 16.4. The Morgan fingerprint density at radius 2 is 1.48 bits per heavy atom. The number of carboxylic acid groups (broad SMARTS) is 1. The summed E-state index contributed by atoms with van der Waals surface area (Å²) in [6, 6.07) is 23.8. The van der Waals surface area contributed by atoms with Crippen LogP contribution < -0.4 is 4.90 Å². The molecule has 0 atom stereocenters. The average molecular weight is 387 g/mol. The highest BCUT2D eigenvalue weighted by Crippen LogP contribution is 2.22. The molecule has 0 spiro atoms. The average Bonchev–Trinajstić information content (AvgIpc) is 2.72. The second-order valence-electron chi connectivity index (χ2n) is 7.53. The van der Waals surface area contributed by atoms with E-state index in [0.29, 0.717) is 18.0 Å². The summed E-state index contributed by atoms with van der Waals surface area (Å²) in [7, 11) is 0. The molecule has 1 N–H and O–H groups in total. The van der Waals surface area contributed by atoms with E-state index in [9.17, 15) is 14.7 Å². The third kappa shape index (κ3) is 5.32. The van der Waals surface area contributed by atoms with Gasteiger partial charge in [-0.05, 0) is 59.9 Å². The third-order valence-electron chi connectivity index (χ3n) is 4.67. The van der Waals surface area contributed by atoms with Crippen molar-refractivity contribution in [2.45, 2.75) is 26.8 Å². The molecule has 29 heavy (non-hydrogen) atoms. The first-order valence-corrected chi connectivity index (χ1v) is 9.72. The third-order valence-corrected chi connectivity index (χ3v) is 4.67. The Labute approximate surface area is 171 Å². The van der Waals surface area contributed by atoms with Crippen LogP contribution in [0.3, 0.4) is 0 Å². The molecule has 0 heterocycles. The molecule has 3 aromatic carbocycles. The first-order chi connectivity index (χ1) is 13.9. The number of amides is 1. The van der Waals surface area contributed by atoms with Gasteiger partial charge in [0.2, 0.25) is 0 Å². The van der Waals surface area contributed by atoms with Gasteiger partial charge >= 0.3 is 5.97 Å². The lowest BCUT2D eigenvalue weighted by atomic mass is 10.0. The molecular formula is C25H25NO3. The fourth-order valence-corrected chi connectivity index (χ4v) is 3.29. The van der Waals surface area contributed by atoms with Crippen molar-refractivity contribution in [2.75, 3.05) is 4.90 Å². The van der Waals surface area contributed by atoms with E-state index < -0.39 is 5.97 Å². The summed E-state index contributed by atoms with van der Waals surface area (Å²) in [4.78, 5) is 26.2. The maximum Gasteiger partial charge on any atom is 0.335 e. The number of hydrogen-bond acceptors (Lipinski definition) is 2. The summed E-state index contributed by atoms with van der Waals surface area (Å²) >= 11 is 0. The molecule has 0 saturated carbocycles. The van der Waals surface area contributed by atoms with Gasteiger partial charge in [0.05, 0.1) is 12.1 Å². The van der Waals surface area contributed by atoms with Crippen molar-refractivity contribution in [3.63, 3.8) is 0 Å². The molecule has 0 radical (unpaired) electrons. The van der Waals surface area contributed by atoms with Gasteiger partial charge in [0.1, 0.15) is 0 Å². The summed E-state index contributed by atoms with van der Waals surface area (Å²) in [5.41, 5.74) is 3.58. The predicted octanol–water partition coefficient (Wildman–Crippen LogP) is 5.43. The molecular weight excluding hydrogens is 362 g/mol. The Hall–Kier alpha value is -3.40. The Balaban J connectivity index is 1.94. The fraction of sp³-hybridized carbons (Fsp3) is 0.200. The van der Waals surface area contributed by atoms with Crippen molar-refractivity contribution in [1.29, 1.82) is 0 Å². The summed E-state index contributed by atoms with van der Waals surface area (Å²) in [6.45, 7) is 4.64. The Morgan fingerprint density at radius 3 is 2.10 bits per heavy atom. The van der Waals surface area contributed by atoms with Crippen LogP contribution in [-0.4, -0.2) is 17.0 Å². The lowest BCUT2D eigenvalue weighted by molar-refractivity contribution is 0.0696. The summed E-state index contributed by atoms with van der Waals surface area (Å²) in [5.74, 6) is -0.546. The van der Waals surface area contributed by atoms with Crippen LogP contribution >= 0.6 is 0 Å². The van der Waals surface area contributed by atoms with Crippen molar-refractivity contribution in [3.8, 4) is 0 Å². The number of benzene rings is 3. The molecule has 1 amide bonds. The van der Waals surface area contributed by atoms with E-state index in [-0.39, 0.29) is 11.5 Å². The van der Waals surface area contributed by atoms with Gasteiger partial charge in [0.25, 0.3) is 5.91 Å². The molecule has 4 nitrogen and oxygen atoms in total. The molecule has 4 heteroatoms. The van der Waals surface area contributed by atoms with Gasteiger partial charge in [-0.25, -0.2) is 4.79 Å². The largest absolute Gasteiger partial charge is 0.478 e. The van der Waals surface area contributed by atoms with Crippen LogP contribution in [0.5, 0.6) is 0 Å². The van der Waals surface area contributed by atoms with Crippen LogP contribution in [0.1, 0.15) is 45.7 Å². The van der Waals surface area contributed by atoms with E-state index in [1.54, 1.807) is 35.2 Å². The highest BCUT2D eigenvalue weighted by molar-refractivity contribution is 6.06. The molecule has 0 aliphatic heterocycles. The standard InChI is InChI=1S/C25H25NO3/c1-18(2)15-19-11-13-23(14-12-19)26(24(27)21-8-4-3-5-9-21)17-20-7-6-10-22(16-20)25(28)29/h3-14,16,18H,15,17H2,1-2H3,(H,28,29). The Morgan fingerprint density at radius 1 is 0.828 bits per heavy atom. The molecule has 0 aliphatic rings. The van der Waals surface area contributed by atoms with Crippen molar-refractivity contribution >= 4 is 17.6 Å². The van der Waals surface area contributed by atoms with E-state index >= 15 is 0 Å². The Kier molecular flexibility index (Phi) is 6.45. The van der Waals surface area contributed by atoms with Crippen molar-refractivity contribution < 1.29 is 14.7 Å². The van der Waals surface area contributed by atoms with Gasteiger partial charge < -0.3 is 10.0 Å². The maximum absolute atomic E-state index is 13.2. The summed E-state index contributed by atoms with van der Waals surface area (Å²) < 4.78 is 0. The number of aromatic carboxylic acids is 1. The number of carbonyl (C=O) groups is 2. The lowest BCUT2D eigenvalue weighted by Gasteiger charge is -2.24. The highest BCUT2D eigenvalue weighted by Gasteiger charge is 2.19. The second-order valence-corrected chi connectivity index (χ2v) is 7.53. The minimum atomic E-state index is -0.981. The molecule has 0 aliphatic carbocycles. The van der Waals surface area contributed by atoms with Gasteiger partial charge in [0.15, 0.2) is 0 Å².